The fraction of sp³-hybridized carbons (Fsp3) is 1.00. The highest BCUT2D eigenvalue weighted by molar-refractivity contribution is 5.11. The van der Waals surface area contributed by atoms with Crippen LogP contribution >= 0.6 is 0 Å². The molecule has 2 N–H and O–H groups in total. The Morgan fingerprint density at radius 1 is 0.933 bits per heavy atom. The lowest BCUT2D eigenvalue weighted by atomic mass is 9.43. The van der Waals surface area contributed by atoms with Gasteiger partial charge in [-0.2, -0.15) is 13.2 Å². The number of alkyl halides is 3. The summed E-state index contributed by atoms with van der Waals surface area (Å²) in [5.74, 6) is 1.49. The smallest absolute Gasteiger partial charge is 0.390 e. The molecule has 0 aromatic rings. The van der Waals surface area contributed by atoms with Crippen LogP contribution in [0.1, 0.15) is 91.9 Å². The van der Waals surface area contributed by atoms with Gasteiger partial charge in [0.25, 0.3) is 0 Å². The minimum absolute atomic E-state index is 0.0536. The van der Waals surface area contributed by atoms with Gasteiger partial charge in [-0.05, 0) is 111 Å². The van der Waals surface area contributed by atoms with Gasteiger partial charge in [0, 0.05) is 0 Å². The summed E-state index contributed by atoms with van der Waals surface area (Å²) in [4.78, 5) is 0. The molecule has 4 rings (SSSR count). The lowest BCUT2D eigenvalue weighted by Crippen LogP contribution is -2.56. The third-order valence-electron chi connectivity index (χ3n) is 11.0. The first-order valence-corrected chi connectivity index (χ1v) is 12.3. The molecule has 0 bridgehead atoms. The standard InChI is InChI=1S/C25H41F3O2/c1-5-24(30)13-12-22(3)16(14-24)6-7-17-19-9-8-18(15(2)21(29)25(26,27)28)23(19,4)11-10-20(17)22/h15-21,29-30H,5-14H2,1-4H3/t15-,16+,17?,18+,19-,20-,21+,22-,23+,24-/m0/s1. The van der Waals surface area contributed by atoms with E-state index in [1.165, 1.54) is 0 Å². The Balaban J connectivity index is 1.54. The maximum atomic E-state index is 13.2. The maximum absolute atomic E-state index is 13.2. The zero-order chi connectivity index (χ0) is 22.1. The van der Waals surface area contributed by atoms with Crippen LogP contribution in [-0.2, 0) is 0 Å². The van der Waals surface area contributed by atoms with Gasteiger partial charge in [0.1, 0.15) is 0 Å². The van der Waals surface area contributed by atoms with Crippen LogP contribution in [-0.4, -0.2) is 28.1 Å². The zero-order valence-electron chi connectivity index (χ0n) is 19.1. The molecule has 10 atom stereocenters. The van der Waals surface area contributed by atoms with E-state index in [1.54, 1.807) is 6.92 Å². The number of rotatable bonds is 3. The molecular weight excluding hydrogens is 389 g/mol. The minimum Gasteiger partial charge on any atom is -0.390 e. The first-order chi connectivity index (χ1) is 13.9. The van der Waals surface area contributed by atoms with Gasteiger partial charge in [0.15, 0.2) is 6.10 Å². The van der Waals surface area contributed by atoms with Crippen LogP contribution in [0.15, 0.2) is 0 Å². The summed E-state index contributed by atoms with van der Waals surface area (Å²) in [5.41, 5.74) is -0.322. The predicted octanol–water partition coefficient (Wildman–Crippen LogP) is 6.35. The zero-order valence-corrected chi connectivity index (χ0v) is 19.1. The van der Waals surface area contributed by atoms with Crippen molar-refractivity contribution < 1.29 is 23.4 Å². The highest BCUT2D eigenvalue weighted by atomic mass is 19.4. The summed E-state index contributed by atoms with van der Waals surface area (Å²) in [6.45, 7) is 8.40. The Morgan fingerprint density at radius 2 is 1.60 bits per heavy atom. The number of aliphatic hydroxyl groups is 2. The molecule has 5 heteroatoms. The number of fused-ring (bicyclic) bond motifs is 5. The molecule has 4 aliphatic carbocycles. The second-order valence-corrected chi connectivity index (χ2v) is 12.0. The summed E-state index contributed by atoms with van der Waals surface area (Å²) in [5, 5.41) is 20.9. The molecule has 0 radical (unpaired) electrons. The molecule has 30 heavy (non-hydrogen) atoms. The van der Waals surface area contributed by atoms with Crippen molar-refractivity contribution in [1.29, 1.82) is 0 Å². The van der Waals surface area contributed by atoms with Gasteiger partial charge in [0.2, 0.25) is 0 Å². The minimum atomic E-state index is -4.53. The van der Waals surface area contributed by atoms with Crippen molar-refractivity contribution in [3.8, 4) is 0 Å². The highest BCUT2D eigenvalue weighted by Crippen LogP contribution is 2.69. The molecule has 0 aliphatic heterocycles. The Kier molecular flexibility index (Phi) is 5.62. The quantitative estimate of drug-likeness (QED) is 0.548. The van der Waals surface area contributed by atoms with Crippen LogP contribution in [0.2, 0.25) is 0 Å². The highest BCUT2D eigenvalue weighted by Gasteiger charge is 2.62. The molecular formula is C25H41F3O2. The molecule has 0 saturated heterocycles. The Labute approximate surface area is 180 Å². The van der Waals surface area contributed by atoms with Crippen molar-refractivity contribution in [3.63, 3.8) is 0 Å². The summed E-state index contributed by atoms with van der Waals surface area (Å²) >= 11 is 0. The second kappa shape index (κ2) is 7.37. The topological polar surface area (TPSA) is 40.5 Å². The van der Waals surface area contributed by atoms with E-state index in [1.807, 2.05) is 0 Å². The molecule has 2 nitrogen and oxygen atoms in total. The van der Waals surface area contributed by atoms with E-state index in [4.69, 9.17) is 0 Å². The number of aliphatic hydroxyl groups excluding tert-OH is 1. The first-order valence-electron chi connectivity index (χ1n) is 12.3. The maximum Gasteiger partial charge on any atom is 0.414 e. The Morgan fingerprint density at radius 3 is 2.23 bits per heavy atom. The number of halogens is 3. The molecule has 1 unspecified atom stereocenters. The van der Waals surface area contributed by atoms with E-state index in [9.17, 15) is 23.4 Å². The summed E-state index contributed by atoms with van der Waals surface area (Å²) in [6, 6.07) is 0. The van der Waals surface area contributed by atoms with Gasteiger partial charge in [-0.25, -0.2) is 0 Å². The van der Waals surface area contributed by atoms with Gasteiger partial charge < -0.3 is 10.2 Å². The Bertz CT molecular complexity index is 651. The SMILES string of the molecule is CC[C@]1(O)CC[C@@]2(C)[C@H](CCC3[C@@H]2CC[C@]2(C)[C@@H]([C@H](C)[C@@H](O)C(F)(F)F)CC[C@@H]32)C1. The molecule has 174 valence electrons. The molecule has 0 aromatic carbocycles. The molecule has 4 aliphatic rings. The number of hydrogen-bond acceptors (Lipinski definition) is 2. The van der Waals surface area contributed by atoms with Gasteiger partial charge in [-0.15, -0.1) is 0 Å². The summed E-state index contributed by atoms with van der Waals surface area (Å²) in [6.07, 6.45) is 3.19. The first kappa shape index (κ1) is 22.9. The lowest BCUT2D eigenvalue weighted by Gasteiger charge is -2.62. The van der Waals surface area contributed by atoms with Crippen molar-refractivity contribution >= 4 is 0 Å². The third kappa shape index (κ3) is 3.36. The molecule has 4 saturated carbocycles. The van der Waals surface area contributed by atoms with Crippen LogP contribution in [0, 0.1) is 46.3 Å². The van der Waals surface area contributed by atoms with E-state index in [0.717, 1.165) is 64.2 Å². The van der Waals surface area contributed by atoms with Crippen LogP contribution in [0.3, 0.4) is 0 Å². The number of hydrogen-bond donors (Lipinski definition) is 2. The van der Waals surface area contributed by atoms with Crippen molar-refractivity contribution in [2.45, 2.75) is 110 Å². The van der Waals surface area contributed by atoms with E-state index < -0.39 is 23.8 Å². The van der Waals surface area contributed by atoms with E-state index in [0.29, 0.717) is 23.7 Å². The van der Waals surface area contributed by atoms with Gasteiger partial charge in [0.05, 0.1) is 5.60 Å². The fourth-order valence-corrected chi connectivity index (χ4v) is 9.07. The van der Waals surface area contributed by atoms with E-state index >= 15 is 0 Å². The summed E-state index contributed by atoms with van der Waals surface area (Å²) in [7, 11) is 0. The molecule has 0 aromatic heterocycles. The van der Waals surface area contributed by atoms with Crippen LogP contribution in [0.4, 0.5) is 13.2 Å². The summed E-state index contributed by atoms with van der Waals surface area (Å²) < 4.78 is 39.7. The van der Waals surface area contributed by atoms with Crippen LogP contribution in [0.25, 0.3) is 0 Å². The fourth-order valence-electron chi connectivity index (χ4n) is 9.07. The van der Waals surface area contributed by atoms with Crippen molar-refractivity contribution in [3.05, 3.63) is 0 Å². The van der Waals surface area contributed by atoms with E-state index in [-0.39, 0.29) is 16.7 Å². The van der Waals surface area contributed by atoms with Crippen molar-refractivity contribution in [2.75, 3.05) is 0 Å². The van der Waals surface area contributed by atoms with Gasteiger partial charge in [-0.1, -0.05) is 27.7 Å². The van der Waals surface area contributed by atoms with E-state index in [2.05, 4.69) is 20.8 Å². The third-order valence-corrected chi connectivity index (χ3v) is 11.0. The average Bonchev–Trinajstić information content (AvgIpc) is 3.04. The van der Waals surface area contributed by atoms with Crippen LogP contribution < -0.4 is 0 Å². The van der Waals surface area contributed by atoms with Crippen LogP contribution in [0.5, 0.6) is 0 Å². The average molecular weight is 431 g/mol. The van der Waals surface area contributed by atoms with Crippen molar-refractivity contribution in [1.82, 2.24) is 0 Å². The molecule has 0 amide bonds. The monoisotopic (exact) mass is 430 g/mol. The van der Waals surface area contributed by atoms with Crippen molar-refractivity contribution in [2.24, 2.45) is 46.3 Å². The predicted molar refractivity (Wildman–Crippen MR) is 112 cm³/mol. The van der Waals surface area contributed by atoms with Gasteiger partial charge in [-0.3, -0.25) is 0 Å². The second-order valence-electron chi connectivity index (χ2n) is 12.0. The molecule has 0 heterocycles. The largest absolute Gasteiger partial charge is 0.414 e. The Hall–Kier alpha value is -0.290. The normalized spacial score (nSPS) is 50.9. The molecule has 4 fully saturated rings. The van der Waals surface area contributed by atoms with Gasteiger partial charge >= 0.3 is 6.18 Å². The molecule has 0 spiro atoms. The lowest BCUT2D eigenvalue weighted by molar-refractivity contribution is -0.228.